The van der Waals surface area contributed by atoms with Crippen molar-refractivity contribution in [1.29, 1.82) is 0 Å². The van der Waals surface area contributed by atoms with Crippen LogP contribution in [0, 0.1) is 0 Å². The van der Waals surface area contributed by atoms with Crippen LogP contribution in [-0.4, -0.2) is 28.4 Å². The normalized spacial score (nSPS) is 11.3. The van der Waals surface area contributed by atoms with Crippen LogP contribution >= 0.6 is 11.6 Å². The number of benzene rings is 2. The second-order valence-corrected chi connectivity index (χ2v) is 6.56. The van der Waals surface area contributed by atoms with Crippen LogP contribution in [0.25, 0.3) is 11.3 Å². The molecule has 1 aromatic heterocycles. The van der Waals surface area contributed by atoms with Crippen LogP contribution in [-0.2, 0) is 0 Å². The zero-order chi connectivity index (χ0) is 19.9. The highest BCUT2D eigenvalue weighted by Crippen LogP contribution is 2.21. The summed E-state index contributed by atoms with van der Waals surface area (Å²) in [6.07, 6.45) is 0.956. The Labute approximate surface area is 168 Å². The van der Waals surface area contributed by atoms with Crippen LogP contribution in [0.5, 0.6) is 5.75 Å². The molecule has 6 nitrogen and oxygen atoms in total. The first-order valence-corrected chi connectivity index (χ1v) is 9.34. The Morgan fingerprint density at radius 1 is 1.21 bits per heavy atom. The van der Waals surface area contributed by atoms with E-state index in [0.717, 1.165) is 23.3 Å². The Kier molecular flexibility index (Phi) is 6.45. The number of hydrogen-bond acceptors (Lipinski definition) is 4. The van der Waals surface area contributed by atoms with E-state index < -0.39 is 0 Å². The zero-order valence-corrected chi connectivity index (χ0v) is 16.5. The monoisotopic (exact) mass is 396 g/mol. The summed E-state index contributed by atoms with van der Waals surface area (Å²) < 4.78 is 5.57. The number of carbonyl (C=O) groups excluding carboxylic acids is 1. The third-order valence-corrected chi connectivity index (χ3v) is 4.36. The smallest absolute Gasteiger partial charge is 0.289 e. The van der Waals surface area contributed by atoms with Crippen molar-refractivity contribution >= 4 is 23.2 Å². The molecule has 144 valence electrons. The topological polar surface area (TPSA) is 79.4 Å². The fourth-order valence-electron chi connectivity index (χ4n) is 2.54. The Morgan fingerprint density at radius 2 is 1.96 bits per heavy atom. The summed E-state index contributed by atoms with van der Waals surface area (Å²) in [4.78, 5) is 12.3. The fourth-order valence-corrected chi connectivity index (χ4v) is 2.81. The molecule has 3 aromatic rings. The number of aromatic nitrogens is 2. The molecule has 0 aliphatic heterocycles. The van der Waals surface area contributed by atoms with Crippen molar-refractivity contribution in [2.24, 2.45) is 5.10 Å². The van der Waals surface area contributed by atoms with Gasteiger partial charge in [0.1, 0.15) is 11.4 Å². The number of hydrogen-bond donors (Lipinski definition) is 2. The largest absolute Gasteiger partial charge is 0.494 e. The lowest BCUT2D eigenvalue weighted by Gasteiger charge is -2.04. The minimum Gasteiger partial charge on any atom is -0.494 e. The van der Waals surface area contributed by atoms with E-state index in [0.29, 0.717) is 28.7 Å². The molecule has 0 aliphatic rings. The highest BCUT2D eigenvalue weighted by atomic mass is 35.5. The number of ether oxygens (including phenoxy) is 1. The number of aromatic amines is 1. The molecule has 0 radical (unpaired) electrons. The number of halogens is 1. The Morgan fingerprint density at radius 3 is 2.68 bits per heavy atom. The third kappa shape index (κ3) is 4.78. The first-order valence-electron chi connectivity index (χ1n) is 8.96. The van der Waals surface area contributed by atoms with E-state index in [4.69, 9.17) is 16.3 Å². The van der Waals surface area contributed by atoms with Crippen molar-refractivity contribution < 1.29 is 9.53 Å². The van der Waals surface area contributed by atoms with Gasteiger partial charge in [0.15, 0.2) is 0 Å². The van der Waals surface area contributed by atoms with Crippen LogP contribution in [0.2, 0.25) is 5.02 Å². The molecule has 1 heterocycles. The van der Waals surface area contributed by atoms with Crippen LogP contribution < -0.4 is 10.2 Å². The lowest BCUT2D eigenvalue weighted by Crippen LogP contribution is -2.19. The Balaban J connectivity index is 1.67. The van der Waals surface area contributed by atoms with E-state index >= 15 is 0 Å². The quantitative estimate of drug-likeness (QED) is 0.449. The average Bonchev–Trinajstić information content (AvgIpc) is 3.21. The predicted octanol–water partition coefficient (Wildman–Crippen LogP) is 4.67. The van der Waals surface area contributed by atoms with Crippen molar-refractivity contribution in [2.45, 2.75) is 20.3 Å². The summed E-state index contributed by atoms with van der Waals surface area (Å²) in [6.45, 7) is 4.52. The Bertz CT molecular complexity index is 980. The van der Waals surface area contributed by atoms with Crippen LogP contribution in [0.1, 0.15) is 36.3 Å². The summed E-state index contributed by atoms with van der Waals surface area (Å²) in [7, 11) is 0. The third-order valence-electron chi connectivity index (χ3n) is 4.03. The lowest BCUT2D eigenvalue weighted by molar-refractivity contribution is 0.0950. The van der Waals surface area contributed by atoms with E-state index in [2.05, 4.69) is 27.6 Å². The van der Waals surface area contributed by atoms with Crippen molar-refractivity contribution in [1.82, 2.24) is 15.6 Å². The lowest BCUT2D eigenvalue weighted by atomic mass is 10.1. The number of nitrogens with zero attached hydrogens (tertiary/aromatic N) is 2. The maximum Gasteiger partial charge on any atom is 0.289 e. The first-order chi connectivity index (χ1) is 13.6. The average molecular weight is 397 g/mol. The van der Waals surface area contributed by atoms with Gasteiger partial charge in [-0.05, 0) is 49.7 Å². The molecular weight excluding hydrogens is 376 g/mol. The molecular formula is C21H21ClN4O2. The van der Waals surface area contributed by atoms with E-state index in [-0.39, 0.29) is 5.91 Å². The molecule has 0 spiro atoms. The molecule has 3 rings (SSSR count). The summed E-state index contributed by atoms with van der Waals surface area (Å²) in [5, 5.41) is 11.6. The molecule has 7 heteroatoms. The van der Waals surface area contributed by atoms with Crippen molar-refractivity contribution in [2.75, 3.05) is 6.61 Å². The molecule has 0 bridgehead atoms. The van der Waals surface area contributed by atoms with E-state index in [9.17, 15) is 4.79 Å². The second-order valence-electron chi connectivity index (χ2n) is 6.16. The number of H-pyrrole nitrogens is 1. The number of hydrazone groups is 1. The van der Waals surface area contributed by atoms with Gasteiger partial charge in [-0.3, -0.25) is 9.89 Å². The van der Waals surface area contributed by atoms with E-state index in [1.165, 1.54) is 0 Å². The zero-order valence-electron chi connectivity index (χ0n) is 15.7. The minimum absolute atomic E-state index is 0.317. The van der Waals surface area contributed by atoms with Gasteiger partial charge in [0.2, 0.25) is 0 Å². The number of nitrogens with one attached hydrogen (secondary N) is 2. The van der Waals surface area contributed by atoms with E-state index in [1.54, 1.807) is 19.1 Å². The standard InChI is InChI=1S/C21H21ClN4O2/c1-3-12-28-16-10-8-15(9-11-16)19-13-20(25-24-19)21(27)26-23-14(2)17-6-4-5-7-18(17)22/h4-11,13H,3,12H2,1-2H3,(H,24,25)(H,26,27)/b23-14+. The SMILES string of the molecule is CCCOc1ccc(-c2cc(C(=O)N/N=C(\C)c3ccccc3Cl)[nH]n2)cc1. The highest BCUT2D eigenvalue weighted by molar-refractivity contribution is 6.34. The summed E-state index contributed by atoms with van der Waals surface area (Å²) in [5.74, 6) is 0.427. The van der Waals surface area contributed by atoms with Crippen molar-refractivity contribution in [3.8, 4) is 17.0 Å². The number of rotatable bonds is 7. The molecule has 0 unspecified atom stereocenters. The van der Waals surface area contributed by atoms with Gasteiger partial charge in [0.05, 0.1) is 18.0 Å². The van der Waals surface area contributed by atoms with Gasteiger partial charge in [0, 0.05) is 16.1 Å². The van der Waals surface area contributed by atoms with Crippen LogP contribution in [0.15, 0.2) is 59.7 Å². The summed E-state index contributed by atoms with van der Waals surface area (Å²) >= 11 is 6.14. The van der Waals surface area contributed by atoms with Gasteiger partial charge >= 0.3 is 0 Å². The molecule has 0 saturated heterocycles. The fraction of sp³-hybridized carbons (Fsp3) is 0.190. The van der Waals surface area contributed by atoms with Gasteiger partial charge in [0.25, 0.3) is 5.91 Å². The molecule has 1 amide bonds. The molecule has 2 aromatic carbocycles. The van der Waals surface area contributed by atoms with Crippen LogP contribution in [0.3, 0.4) is 0 Å². The first kappa shape index (κ1) is 19.6. The molecule has 0 atom stereocenters. The second kappa shape index (κ2) is 9.19. The minimum atomic E-state index is -0.381. The van der Waals surface area contributed by atoms with Gasteiger partial charge in [-0.25, -0.2) is 5.43 Å². The van der Waals surface area contributed by atoms with Crippen molar-refractivity contribution in [3.63, 3.8) is 0 Å². The predicted molar refractivity (Wildman–Crippen MR) is 111 cm³/mol. The van der Waals surface area contributed by atoms with Gasteiger partial charge in [-0.1, -0.05) is 36.7 Å². The van der Waals surface area contributed by atoms with Gasteiger partial charge < -0.3 is 4.74 Å². The molecule has 0 saturated carbocycles. The van der Waals surface area contributed by atoms with Gasteiger partial charge in [-0.2, -0.15) is 10.2 Å². The summed E-state index contributed by atoms with van der Waals surface area (Å²) in [5.41, 5.74) is 5.76. The van der Waals surface area contributed by atoms with Crippen LogP contribution in [0.4, 0.5) is 0 Å². The number of carbonyl (C=O) groups is 1. The van der Waals surface area contributed by atoms with Gasteiger partial charge in [-0.15, -0.1) is 0 Å². The molecule has 28 heavy (non-hydrogen) atoms. The maximum atomic E-state index is 12.3. The molecule has 0 aliphatic carbocycles. The highest BCUT2D eigenvalue weighted by Gasteiger charge is 2.11. The molecule has 2 N–H and O–H groups in total. The van der Waals surface area contributed by atoms with Crippen molar-refractivity contribution in [3.05, 3.63) is 70.9 Å². The summed E-state index contributed by atoms with van der Waals surface area (Å²) in [6, 6.07) is 16.6. The Hall–Kier alpha value is -3.12. The number of amides is 1. The van der Waals surface area contributed by atoms with E-state index in [1.807, 2.05) is 42.5 Å². The maximum absolute atomic E-state index is 12.3. The molecule has 0 fully saturated rings.